The number of anilines is 1. The fourth-order valence-electron chi connectivity index (χ4n) is 3.09. The van der Waals surface area contributed by atoms with Gasteiger partial charge in [-0.25, -0.2) is 4.98 Å². The molecule has 0 unspecified atom stereocenters. The van der Waals surface area contributed by atoms with Gasteiger partial charge in [0.25, 0.3) is 0 Å². The molecule has 29 heavy (non-hydrogen) atoms. The monoisotopic (exact) mass is 388 g/mol. The van der Waals surface area contributed by atoms with Crippen LogP contribution in [-0.4, -0.2) is 25.1 Å². The molecule has 1 aromatic heterocycles. The molecule has 6 nitrogen and oxygen atoms in total. The molecule has 0 fully saturated rings. The van der Waals surface area contributed by atoms with Crippen LogP contribution < -0.4 is 14.8 Å². The van der Waals surface area contributed by atoms with Crippen LogP contribution in [0, 0.1) is 0 Å². The minimum atomic E-state index is -0.147. The molecule has 0 radical (unpaired) electrons. The Labute approximate surface area is 168 Å². The Kier molecular flexibility index (Phi) is 5.16. The van der Waals surface area contributed by atoms with Crippen molar-refractivity contribution in [3.63, 3.8) is 0 Å². The van der Waals surface area contributed by atoms with Crippen molar-refractivity contribution in [3.8, 4) is 23.0 Å². The predicted octanol–water partition coefficient (Wildman–Crippen LogP) is 4.69. The minimum absolute atomic E-state index is 0.147. The summed E-state index contributed by atoms with van der Waals surface area (Å²) in [5.41, 5.74) is 3.84. The molecular formula is C23H20N2O4. The van der Waals surface area contributed by atoms with E-state index in [0.29, 0.717) is 23.1 Å². The van der Waals surface area contributed by atoms with Gasteiger partial charge in [0, 0.05) is 16.8 Å². The zero-order chi connectivity index (χ0) is 20.2. The SMILES string of the molecule is COc1ccc(OC)c(CC(=O)Nc2ccc(-c3nc4ccccc4o3)cc2)c1. The molecule has 3 aromatic carbocycles. The molecule has 1 heterocycles. The number of oxazole rings is 1. The van der Waals surface area contributed by atoms with E-state index < -0.39 is 0 Å². The number of ether oxygens (including phenoxy) is 2. The number of benzene rings is 3. The van der Waals surface area contributed by atoms with Crippen LogP contribution in [0.5, 0.6) is 11.5 Å². The molecule has 0 saturated heterocycles. The molecule has 1 amide bonds. The summed E-state index contributed by atoms with van der Waals surface area (Å²) in [5.74, 6) is 1.72. The average molecular weight is 388 g/mol. The van der Waals surface area contributed by atoms with Gasteiger partial charge >= 0.3 is 0 Å². The summed E-state index contributed by atoms with van der Waals surface area (Å²) in [7, 11) is 3.16. The number of carbonyl (C=O) groups is 1. The molecule has 146 valence electrons. The van der Waals surface area contributed by atoms with Crippen LogP contribution in [0.1, 0.15) is 5.56 Å². The largest absolute Gasteiger partial charge is 0.497 e. The van der Waals surface area contributed by atoms with Crippen molar-refractivity contribution in [2.24, 2.45) is 0 Å². The molecule has 1 N–H and O–H groups in total. The number of nitrogens with one attached hydrogen (secondary N) is 1. The van der Waals surface area contributed by atoms with Crippen molar-refractivity contribution in [2.75, 3.05) is 19.5 Å². The third-order valence-electron chi connectivity index (χ3n) is 4.55. The van der Waals surface area contributed by atoms with Gasteiger partial charge in [-0.2, -0.15) is 0 Å². The summed E-state index contributed by atoms with van der Waals surface area (Å²) in [6, 6.07) is 20.4. The van der Waals surface area contributed by atoms with Crippen LogP contribution in [0.3, 0.4) is 0 Å². The molecule has 6 heteroatoms. The van der Waals surface area contributed by atoms with Crippen molar-refractivity contribution in [1.82, 2.24) is 4.98 Å². The summed E-state index contributed by atoms with van der Waals surface area (Å²) in [4.78, 5) is 17.0. The number of rotatable bonds is 6. The van der Waals surface area contributed by atoms with Gasteiger partial charge < -0.3 is 19.2 Å². The van der Waals surface area contributed by atoms with Crippen LogP contribution in [0.2, 0.25) is 0 Å². The maximum Gasteiger partial charge on any atom is 0.228 e. The van der Waals surface area contributed by atoms with E-state index in [9.17, 15) is 4.79 Å². The standard InChI is InChI=1S/C23H20N2O4/c1-27-18-11-12-20(28-2)16(13-18)14-22(26)24-17-9-7-15(8-10-17)23-25-19-5-3-4-6-21(19)29-23/h3-13H,14H2,1-2H3,(H,24,26). The predicted molar refractivity (Wildman–Crippen MR) is 111 cm³/mol. The first-order chi connectivity index (χ1) is 14.2. The van der Waals surface area contributed by atoms with Crippen LogP contribution in [0.15, 0.2) is 71.1 Å². The molecule has 0 atom stereocenters. The third kappa shape index (κ3) is 4.06. The number of nitrogens with zero attached hydrogens (tertiary/aromatic N) is 1. The second-order valence-electron chi connectivity index (χ2n) is 6.47. The normalized spacial score (nSPS) is 10.7. The third-order valence-corrected chi connectivity index (χ3v) is 4.55. The molecule has 0 bridgehead atoms. The van der Waals surface area contributed by atoms with Crippen LogP contribution in [-0.2, 0) is 11.2 Å². The van der Waals surface area contributed by atoms with Crippen molar-refractivity contribution in [3.05, 3.63) is 72.3 Å². The van der Waals surface area contributed by atoms with Gasteiger partial charge in [-0.15, -0.1) is 0 Å². The van der Waals surface area contributed by atoms with Gasteiger partial charge in [-0.05, 0) is 54.6 Å². The highest BCUT2D eigenvalue weighted by Crippen LogP contribution is 2.26. The number of para-hydroxylation sites is 2. The Hall–Kier alpha value is -3.80. The van der Waals surface area contributed by atoms with E-state index >= 15 is 0 Å². The first-order valence-electron chi connectivity index (χ1n) is 9.13. The van der Waals surface area contributed by atoms with Gasteiger partial charge in [-0.1, -0.05) is 12.1 Å². The molecule has 0 spiro atoms. The van der Waals surface area contributed by atoms with E-state index in [1.54, 1.807) is 32.4 Å². The fourth-order valence-corrected chi connectivity index (χ4v) is 3.09. The lowest BCUT2D eigenvalue weighted by atomic mass is 10.1. The van der Waals surface area contributed by atoms with Gasteiger partial charge in [0.05, 0.1) is 20.6 Å². The lowest BCUT2D eigenvalue weighted by Crippen LogP contribution is -2.15. The number of amides is 1. The molecule has 4 aromatic rings. The molecule has 0 aliphatic rings. The van der Waals surface area contributed by atoms with Crippen molar-refractivity contribution in [2.45, 2.75) is 6.42 Å². The van der Waals surface area contributed by atoms with Crippen LogP contribution in [0.4, 0.5) is 5.69 Å². The average Bonchev–Trinajstić information content (AvgIpc) is 3.18. The Balaban J connectivity index is 1.47. The van der Waals surface area contributed by atoms with Gasteiger partial charge in [-0.3, -0.25) is 4.79 Å². The number of hydrogen-bond donors (Lipinski definition) is 1. The van der Waals surface area contributed by atoms with Crippen molar-refractivity contribution >= 4 is 22.7 Å². The Morgan fingerprint density at radius 2 is 1.79 bits per heavy atom. The van der Waals surface area contributed by atoms with E-state index in [-0.39, 0.29) is 12.3 Å². The quantitative estimate of drug-likeness (QED) is 0.519. The maximum absolute atomic E-state index is 12.5. The number of aromatic nitrogens is 1. The van der Waals surface area contributed by atoms with Crippen molar-refractivity contribution < 1.29 is 18.7 Å². The molecule has 0 saturated carbocycles. The number of carbonyl (C=O) groups excluding carboxylic acids is 1. The lowest BCUT2D eigenvalue weighted by molar-refractivity contribution is -0.115. The van der Waals surface area contributed by atoms with E-state index in [1.807, 2.05) is 48.5 Å². The summed E-state index contributed by atoms with van der Waals surface area (Å²) < 4.78 is 16.3. The van der Waals surface area contributed by atoms with Gasteiger partial charge in [0.2, 0.25) is 11.8 Å². The van der Waals surface area contributed by atoms with Crippen molar-refractivity contribution in [1.29, 1.82) is 0 Å². The van der Waals surface area contributed by atoms with E-state index in [1.165, 1.54) is 0 Å². The van der Waals surface area contributed by atoms with E-state index in [4.69, 9.17) is 13.9 Å². The number of hydrogen-bond acceptors (Lipinski definition) is 5. The number of fused-ring (bicyclic) bond motifs is 1. The Bertz CT molecular complexity index is 1120. The summed E-state index contributed by atoms with van der Waals surface area (Å²) in [6.45, 7) is 0. The summed E-state index contributed by atoms with van der Waals surface area (Å²) >= 11 is 0. The fraction of sp³-hybridized carbons (Fsp3) is 0.130. The first kappa shape index (κ1) is 18.6. The zero-order valence-corrected chi connectivity index (χ0v) is 16.1. The van der Waals surface area contributed by atoms with E-state index in [0.717, 1.165) is 22.2 Å². The van der Waals surface area contributed by atoms with Crippen LogP contribution >= 0.6 is 0 Å². The van der Waals surface area contributed by atoms with Gasteiger partial charge in [0.1, 0.15) is 17.0 Å². The Morgan fingerprint density at radius 3 is 2.52 bits per heavy atom. The second kappa shape index (κ2) is 8.06. The molecule has 0 aliphatic carbocycles. The maximum atomic E-state index is 12.5. The molecular weight excluding hydrogens is 368 g/mol. The van der Waals surface area contributed by atoms with Crippen LogP contribution in [0.25, 0.3) is 22.6 Å². The zero-order valence-electron chi connectivity index (χ0n) is 16.1. The molecule has 4 rings (SSSR count). The van der Waals surface area contributed by atoms with Gasteiger partial charge in [0.15, 0.2) is 5.58 Å². The van der Waals surface area contributed by atoms with E-state index in [2.05, 4.69) is 10.3 Å². The second-order valence-corrected chi connectivity index (χ2v) is 6.47. The Morgan fingerprint density at radius 1 is 1.00 bits per heavy atom. The minimum Gasteiger partial charge on any atom is -0.497 e. The highest BCUT2D eigenvalue weighted by Gasteiger charge is 2.12. The smallest absolute Gasteiger partial charge is 0.228 e. The highest BCUT2D eigenvalue weighted by molar-refractivity contribution is 5.93. The topological polar surface area (TPSA) is 73.6 Å². The first-order valence-corrected chi connectivity index (χ1v) is 9.13. The lowest BCUT2D eigenvalue weighted by Gasteiger charge is -2.11. The summed E-state index contributed by atoms with van der Waals surface area (Å²) in [6.07, 6.45) is 0.174. The highest BCUT2D eigenvalue weighted by atomic mass is 16.5. The molecule has 0 aliphatic heterocycles. The summed E-state index contributed by atoms with van der Waals surface area (Å²) in [5, 5.41) is 2.90. The number of methoxy groups -OCH3 is 2.